The molecule has 0 fully saturated rings. The monoisotopic (exact) mass is 389 g/mol. The molecule has 0 bridgehead atoms. The summed E-state index contributed by atoms with van der Waals surface area (Å²) in [6, 6.07) is 21.2. The van der Waals surface area contributed by atoms with E-state index in [1.54, 1.807) is 35.6 Å². The van der Waals surface area contributed by atoms with Crippen LogP contribution < -0.4 is 10.6 Å². The van der Waals surface area contributed by atoms with Gasteiger partial charge in [-0.2, -0.15) is 5.26 Å². The molecule has 5 heteroatoms. The first kappa shape index (κ1) is 19.8. The number of hydrogen-bond acceptors (Lipinski definition) is 4. The molecular weight excluding hydrogens is 366 g/mol. The number of carbonyl (C=O) groups is 1. The van der Waals surface area contributed by atoms with E-state index >= 15 is 0 Å². The summed E-state index contributed by atoms with van der Waals surface area (Å²) in [4.78, 5) is 13.9. The van der Waals surface area contributed by atoms with Crippen LogP contribution in [0.4, 0.5) is 5.69 Å². The van der Waals surface area contributed by atoms with Crippen molar-refractivity contribution in [2.24, 2.45) is 0 Å². The van der Waals surface area contributed by atoms with Gasteiger partial charge in [-0.05, 0) is 48.1 Å². The average Bonchev–Trinajstić information content (AvgIpc) is 3.27. The topological polar surface area (TPSA) is 64.9 Å². The number of amides is 1. The summed E-state index contributed by atoms with van der Waals surface area (Å²) in [5, 5.41) is 17.6. The van der Waals surface area contributed by atoms with E-state index in [0.29, 0.717) is 11.3 Å². The Kier molecular flexibility index (Phi) is 6.59. The second-order valence-electron chi connectivity index (χ2n) is 6.58. The van der Waals surface area contributed by atoms with E-state index in [1.165, 1.54) is 5.56 Å². The number of rotatable bonds is 7. The van der Waals surface area contributed by atoms with Crippen LogP contribution >= 0.6 is 11.3 Å². The molecule has 2 atom stereocenters. The van der Waals surface area contributed by atoms with Crippen molar-refractivity contribution in [1.82, 2.24) is 5.32 Å². The molecule has 0 aliphatic heterocycles. The maximum Gasteiger partial charge on any atom is 0.241 e. The quantitative estimate of drug-likeness (QED) is 0.605. The summed E-state index contributed by atoms with van der Waals surface area (Å²) >= 11 is 1.66. The lowest BCUT2D eigenvalue weighted by Gasteiger charge is -2.23. The van der Waals surface area contributed by atoms with Crippen LogP contribution in [-0.2, 0) is 11.2 Å². The van der Waals surface area contributed by atoms with Gasteiger partial charge >= 0.3 is 0 Å². The minimum Gasteiger partial charge on any atom is -0.324 e. The smallest absolute Gasteiger partial charge is 0.241 e. The van der Waals surface area contributed by atoms with E-state index in [2.05, 4.69) is 54.0 Å². The molecule has 2 aromatic carbocycles. The number of para-hydroxylation sites is 1. The Bertz CT molecular complexity index is 958. The van der Waals surface area contributed by atoms with E-state index in [1.807, 2.05) is 18.4 Å². The Morgan fingerprint density at radius 3 is 2.50 bits per heavy atom. The van der Waals surface area contributed by atoms with Crippen molar-refractivity contribution in [2.75, 3.05) is 5.32 Å². The number of anilines is 1. The van der Waals surface area contributed by atoms with E-state index in [9.17, 15) is 10.1 Å². The molecular formula is C23H23N3OS. The summed E-state index contributed by atoms with van der Waals surface area (Å²) in [7, 11) is 0. The second-order valence-corrected chi connectivity index (χ2v) is 7.56. The number of nitrogens with zero attached hydrogens (tertiary/aromatic N) is 1. The zero-order valence-corrected chi connectivity index (χ0v) is 16.8. The van der Waals surface area contributed by atoms with Crippen LogP contribution in [0.3, 0.4) is 0 Å². The number of nitriles is 1. The fourth-order valence-electron chi connectivity index (χ4n) is 3.00. The molecule has 0 radical (unpaired) electrons. The molecule has 4 nitrogen and oxygen atoms in total. The minimum absolute atomic E-state index is 0.0714. The molecule has 1 aromatic heterocycles. The van der Waals surface area contributed by atoms with Gasteiger partial charge in [-0.3, -0.25) is 10.1 Å². The molecule has 28 heavy (non-hydrogen) atoms. The van der Waals surface area contributed by atoms with Gasteiger partial charge < -0.3 is 5.32 Å². The largest absolute Gasteiger partial charge is 0.324 e. The lowest BCUT2D eigenvalue weighted by Crippen LogP contribution is -2.40. The van der Waals surface area contributed by atoms with E-state index < -0.39 is 6.04 Å². The van der Waals surface area contributed by atoms with Crippen LogP contribution in [0.1, 0.15) is 41.5 Å². The van der Waals surface area contributed by atoms with Gasteiger partial charge in [0.25, 0.3) is 0 Å². The number of hydrogen-bond donors (Lipinski definition) is 2. The van der Waals surface area contributed by atoms with Gasteiger partial charge in [-0.25, -0.2) is 0 Å². The second kappa shape index (κ2) is 9.32. The predicted octanol–water partition coefficient (Wildman–Crippen LogP) is 4.89. The zero-order chi connectivity index (χ0) is 19.9. The third-order valence-electron chi connectivity index (χ3n) is 4.66. The minimum atomic E-state index is -0.440. The number of aryl methyl sites for hydroxylation is 1. The zero-order valence-electron chi connectivity index (χ0n) is 16.0. The van der Waals surface area contributed by atoms with Crippen molar-refractivity contribution in [3.8, 4) is 6.07 Å². The molecule has 0 aliphatic carbocycles. The highest BCUT2D eigenvalue weighted by Crippen LogP contribution is 2.27. The summed E-state index contributed by atoms with van der Waals surface area (Å²) in [6.07, 6.45) is 0.995. The van der Waals surface area contributed by atoms with Crippen LogP contribution in [-0.4, -0.2) is 11.9 Å². The highest BCUT2D eigenvalue weighted by Gasteiger charge is 2.22. The Hall–Kier alpha value is -2.94. The van der Waals surface area contributed by atoms with Gasteiger partial charge in [0.1, 0.15) is 6.07 Å². The first-order valence-corrected chi connectivity index (χ1v) is 10.2. The molecule has 142 valence electrons. The first-order chi connectivity index (χ1) is 13.6. The van der Waals surface area contributed by atoms with Crippen molar-refractivity contribution in [3.63, 3.8) is 0 Å². The number of benzene rings is 2. The third-order valence-corrected chi connectivity index (χ3v) is 5.60. The lowest BCUT2D eigenvalue weighted by molar-refractivity contribution is -0.117. The maximum absolute atomic E-state index is 12.7. The molecule has 0 unspecified atom stereocenters. The van der Waals surface area contributed by atoms with Crippen LogP contribution in [0.15, 0.2) is 66.0 Å². The normalized spacial score (nSPS) is 12.8. The van der Waals surface area contributed by atoms with E-state index in [4.69, 9.17) is 0 Å². The fraction of sp³-hybridized carbons (Fsp3) is 0.217. The highest BCUT2D eigenvalue weighted by atomic mass is 32.1. The molecule has 3 rings (SSSR count). The number of carbonyl (C=O) groups excluding carboxylic acids is 1. The molecule has 1 heterocycles. The predicted molar refractivity (Wildman–Crippen MR) is 114 cm³/mol. The third kappa shape index (κ3) is 4.66. The summed E-state index contributed by atoms with van der Waals surface area (Å²) < 4.78 is 0. The van der Waals surface area contributed by atoms with Crippen LogP contribution in [0.25, 0.3) is 0 Å². The SMILES string of the molecule is CCc1ccc([C@H](N[C@H](C)C(=O)Nc2ccccc2C#N)c2cccs2)cc1. The van der Waals surface area contributed by atoms with Gasteiger partial charge in [0.2, 0.25) is 5.91 Å². The Morgan fingerprint density at radius 1 is 1.11 bits per heavy atom. The first-order valence-electron chi connectivity index (χ1n) is 9.30. The molecule has 0 aliphatic rings. The van der Waals surface area contributed by atoms with Gasteiger partial charge in [-0.1, -0.05) is 49.4 Å². The van der Waals surface area contributed by atoms with E-state index in [-0.39, 0.29) is 11.9 Å². The van der Waals surface area contributed by atoms with Gasteiger partial charge in [0.05, 0.1) is 23.3 Å². The standard InChI is InChI=1S/C23H23N3OS/c1-3-17-10-12-18(13-11-17)22(21-9-6-14-28-21)25-16(2)23(27)26-20-8-5-4-7-19(20)15-24/h4-14,16,22,25H,3H2,1-2H3,(H,26,27)/t16-,22+/m1/s1. The molecule has 3 aromatic rings. The van der Waals surface area contributed by atoms with Gasteiger partial charge in [0.15, 0.2) is 0 Å². The number of thiophene rings is 1. The van der Waals surface area contributed by atoms with Crippen LogP contribution in [0.2, 0.25) is 0 Å². The molecule has 0 saturated heterocycles. The Labute approximate surface area is 169 Å². The Balaban J connectivity index is 1.78. The van der Waals surface area contributed by atoms with Crippen LogP contribution in [0, 0.1) is 11.3 Å². The van der Waals surface area contributed by atoms with Gasteiger partial charge in [0, 0.05) is 4.88 Å². The lowest BCUT2D eigenvalue weighted by atomic mass is 10.0. The fourth-order valence-corrected chi connectivity index (χ4v) is 3.81. The van der Waals surface area contributed by atoms with Crippen molar-refractivity contribution in [3.05, 3.63) is 87.6 Å². The summed E-state index contributed by atoms with van der Waals surface area (Å²) in [6.45, 7) is 3.97. The van der Waals surface area contributed by atoms with Gasteiger partial charge in [-0.15, -0.1) is 11.3 Å². The highest BCUT2D eigenvalue weighted by molar-refractivity contribution is 7.10. The van der Waals surface area contributed by atoms with Crippen molar-refractivity contribution in [2.45, 2.75) is 32.4 Å². The molecule has 0 spiro atoms. The van der Waals surface area contributed by atoms with E-state index in [0.717, 1.165) is 16.9 Å². The average molecular weight is 390 g/mol. The van der Waals surface area contributed by atoms with Crippen molar-refractivity contribution in [1.29, 1.82) is 5.26 Å². The van der Waals surface area contributed by atoms with Crippen molar-refractivity contribution < 1.29 is 4.79 Å². The molecule has 2 N–H and O–H groups in total. The summed E-state index contributed by atoms with van der Waals surface area (Å²) in [5.41, 5.74) is 3.39. The molecule has 1 amide bonds. The van der Waals surface area contributed by atoms with Crippen LogP contribution in [0.5, 0.6) is 0 Å². The van der Waals surface area contributed by atoms with Crippen molar-refractivity contribution >= 4 is 22.9 Å². The molecule has 0 saturated carbocycles. The maximum atomic E-state index is 12.7. The Morgan fingerprint density at radius 2 is 1.86 bits per heavy atom. The summed E-state index contributed by atoms with van der Waals surface area (Å²) in [5.74, 6) is -0.172. The number of nitrogens with one attached hydrogen (secondary N) is 2.